The quantitative estimate of drug-likeness (QED) is 0.170. The summed E-state index contributed by atoms with van der Waals surface area (Å²) in [5, 5.41) is 86.8. The van der Waals surface area contributed by atoms with Crippen LogP contribution in [0.2, 0.25) is 0 Å². The number of carbonyl (C=O) groups is 1. The van der Waals surface area contributed by atoms with Gasteiger partial charge in [0.15, 0.2) is 12.6 Å². The van der Waals surface area contributed by atoms with Gasteiger partial charge in [-0.1, -0.05) is 27.7 Å². The second-order valence-corrected chi connectivity index (χ2v) is 21.3. The van der Waals surface area contributed by atoms with Crippen molar-refractivity contribution in [2.45, 2.75) is 204 Å². The lowest BCUT2D eigenvalue weighted by Gasteiger charge is -2.64. The molecule has 56 heavy (non-hydrogen) atoms. The topological polar surface area (TPSA) is 225 Å². The number of ether oxygens (including phenoxy) is 5. The first-order valence-corrected chi connectivity index (χ1v) is 21.2. The maximum Gasteiger partial charge on any atom is 0.187 e. The van der Waals surface area contributed by atoms with Gasteiger partial charge in [-0.15, -0.1) is 0 Å². The molecule has 8 N–H and O–H groups in total. The molecule has 14 nitrogen and oxygen atoms in total. The van der Waals surface area contributed by atoms with E-state index in [4.69, 9.17) is 23.7 Å². The number of Topliss-reactive ketones (excluding diaryl/α,β-unsaturated/α-hetero) is 1. The lowest BCUT2D eigenvalue weighted by molar-refractivity contribution is -0.376. The smallest absolute Gasteiger partial charge is 0.187 e. The zero-order chi connectivity index (χ0) is 40.9. The van der Waals surface area contributed by atoms with E-state index in [9.17, 15) is 45.6 Å². The largest absolute Gasteiger partial charge is 0.394 e. The lowest BCUT2D eigenvalue weighted by atomic mass is 9.41. The highest BCUT2D eigenvalue weighted by atomic mass is 16.8. The van der Waals surface area contributed by atoms with Crippen LogP contribution in [-0.2, 0) is 28.5 Å². The molecule has 0 bridgehead atoms. The Labute approximate surface area is 330 Å². The van der Waals surface area contributed by atoms with Gasteiger partial charge in [-0.05, 0) is 118 Å². The fourth-order valence-electron chi connectivity index (χ4n) is 14.8. The molecular weight excluding hydrogens is 728 g/mol. The van der Waals surface area contributed by atoms with Crippen LogP contribution in [0.15, 0.2) is 0 Å². The van der Waals surface area contributed by atoms with Gasteiger partial charge >= 0.3 is 0 Å². The summed E-state index contributed by atoms with van der Waals surface area (Å²) < 4.78 is 31.1. The number of ketones is 1. The summed E-state index contributed by atoms with van der Waals surface area (Å²) in [7, 11) is 0. The van der Waals surface area contributed by atoms with E-state index in [-0.39, 0.29) is 51.3 Å². The van der Waals surface area contributed by atoms with E-state index in [1.165, 1.54) is 6.92 Å². The molecule has 2 spiro atoms. The summed E-state index contributed by atoms with van der Waals surface area (Å²) in [6.45, 7) is 15.3. The third kappa shape index (κ3) is 5.64. The summed E-state index contributed by atoms with van der Waals surface area (Å²) in [4.78, 5) is 14.4. The summed E-state index contributed by atoms with van der Waals surface area (Å²) in [5.74, 6) is -0.0772. The molecule has 21 atom stereocenters. The molecule has 3 heterocycles. The normalized spacial score (nSPS) is 57.9. The second kappa shape index (κ2) is 13.3. The van der Waals surface area contributed by atoms with Gasteiger partial charge in [-0.2, -0.15) is 0 Å². The van der Waals surface area contributed by atoms with Crippen LogP contribution in [0.5, 0.6) is 0 Å². The van der Waals surface area contributed by atoms with Crippen LogP contribution in [0, 0.1) is 44.8 Å². The third-order valence-electron chi connectivity index (χ3n) is 17.7. The molecule has 0 aromatic heterocycles. The van der Waals surface area contributed by atoms with E-state index in [1.54, 1.807) is 13.8 Å². The molecule has 8 fully saturated rings. The first-order chi connectivity index (χ1) is 25.9. The van der Waals surface area contributed by atoms with Crippen molar-refractivity contribution in [2.24, 2.45) is 44.8 Å². The molecule has 0 aromatic rings. The van der Waals surface area contributed by atoms with Crippen LogP contribution in [0.4, 0.5) is 0 Å². The number of hydrogen-bond acceptors (Lipinski definition) is 14. The minimum Gasteiger partial charge on any atom is -0.394 e. The summed E-state index contributed by atoms with van der Waals surface area (Å²) in [6.07, 6.45) is -9.08. The molecule has 0 unspecified atom stereocenters. The van der Waals surface area contributed by atoms with Crippen molar-refractivity contribution in [3.05, 3.63) is 0 Å². The van der Waals surface area contributed by atoms with Gasteiger partial charge in [0.25, 0.3) is 0 Å². The standard InChI is InChI=1S/C42H68O14/c1-19-26(46)28(48)30(50)34(52-19)55-31-29(49)27(47)22(17-43)53-35(31)54-24-10-12-42-18-41(42)14-13-38(6)33(40(8)11-9-25(56-40)37(4,5)51)21(45)16-39(38,7)23(41)15-20(44)32(42)36(24,2)3/h19-20,22-35,43-44,46-51H,9-18H2,1-8H3/t19-,20-,22+,23-,24-,25-,26-,27+,28+,29-,30+,31+,32-,33-,34-,35-,38+,39-,40-,41-,42+/m0/s1. The Morgan fingerprint density at radius 2 is 1.48 bits per heavy atom. The first-order valence-electron chi connectivity index (χ1n) is 21.2. The maximum atomic E-state index is 14.4. The van der Waals surface area contributed by atoms with Crippen molar-refractivity contribution >= 4 is 5.78 Å². The second-order valence-electron chi connectivity index (χ2n) is 21.3. The Morgan fingerprint density at radius 1 is 0.786 bits per heavy atom. The highest BCUT2D eigenvalue weighted by Gasteiger charge is 2.85. The molecule has 3 saturated heterocycles. The molecule has 0 aromatic carbocycles. The van der Waals surface area contributed by atoms with Gasteiger partial charge in [-0.3, -0.25) is 4.79 Å². The fraction of sp³-hybridized carbons (Fsp3) is 0.976. The number of rotatable bonds is 7. The Balaban J connectivity index is 1.04. The molecule has 14 heteroatoms. The van der Waals surface area contributed by atoms with E-state index in [1.807, 2.05) is 0 Å². The highest BCUT2D eigenvalue weighted by Crippen LogP contribution is 2.89. The van der Waals surface area contributed by atoms with Crippen molar-refractivity contribution in [2.75, 3.05) is 6.61 Å². The molecule has 5 saturated carbocycles. The van der Waals surface area contributed by atoms with Crippen molar-refractivity contribution < 1.29 is 69.3 Å². The van der Waals surface area contributed by atoms with Crippen LogP contribution in [0.1, 0.15) is 113 Å². The molecule has 8 aliphatic rings. The molecule has 320 valence electrons. The van der Waals surface area contributed by atoms with Crippen LogP contribution >= 0.6 is 0 Å². The first kappa shape index (κ1) is 41.9. The van der Waals surface area contributed by atoms with E-state index in [0.717, 1.165) is 25.7 Å². The van der Waals surface area contributed by atoms with Crippen molar-refractivity contribution in [1.82, 2.24) is 0 Å². The van der Waals surface area contributed by atoms with Gasteiger partial charge in [0.05, 0.1) is 48.1 Å². The monoisotopic (exact) mass is 796 g/mol. The predicted molar refractivity (Wildman–Crippen MR) is 197 cm³/mol. The van der Waals surface area contributed by atoms with E-state index < -0.39 is 96.8 Å². The van der Waals surface area contributed by atoms with Gasteiger partial charge in [0.2, 0.25) is 0 Å². The van der Waals surface area contributed by atoms with Gasteiger partial charge in [0.1, 0.15) is 48.5 Å². The predicted octanol–water partition coefficient (Wildman–Crippen LogP) is 1.32. The number of carbonyl (C=O) groups excluding carboxylic acids is 1. The van der Waals surface area contributed by atoms with Gasteiger partial charge in [-0.25, -0.2) is 0 Å². The highest BCUT2D eigenvalue weighted by molar-refractivity contribution is 5.87. The zero-order valence-electron chi connectivity index (χ0n) is 34.3. The molecule has 5 aliphatic carbocycles. The zero-order valence-corrected chi connectivity index (χ0v) is 34.3. The Hall–Kier alpha value is -0.850. The van der Waals surface area contributed by atoms with Crippen LogP contribution in [0.3, 0.4) is 0 Å². The fourth-order valence-corrected chi connectivity index (χ4v) is 14.8. The minimum absolute atomic E-state index is 0.0402. The van der Waals surface area contributed by atoms with Crippen LogP contribution < -0.4 is 0 Å². The molecule has 0 amide bonds. The number of aliphatic hydroxyl groups is 8. The summed E-state index contributed by atoms with van der Waals surface area (Å²) in [5.41, 5.74) is -3.17. The molecule has 0 radical (unpaired) electrons. The van der Waals surface area contributed by atoms with Crippen LogP contribution in [0.25, 0.3) is 0 Å². The number of hydrogen-bond donors (Lipinski definition) is 8. The molecule has 3 aliphatic heterocycles. The number of aliphatic hydroxyl groups excluding tert-OH is 7. The van der Waals surface area contributed by atoms with E-state index >= 15 is 0 Å². The minimum atomic E-state index is -1.67. The lowest BCUT2D eigenvalue weighted by Crippen LogP contribution is -2.66. The van der Waals surface area contributed by atoms with Gasteiger partial charge < -0.3 is 64.5 Å². The Morgan fingerprint density at radius 3 is 2.12 bits per heavy atom. The van der Waals surface area contributed by atoms with Crippen molar-refractivity contribution in [3.8, 4) is 0 Å². The Bertz CT molecular complexity index is 1540. The van der Waals surface area contributed by atoms with E-state index in [2.05, 4.69) is 34.6 Å². The Kier molecular flexibility index (Phi) is 9.96. The van der Waals surface area contributed by atoms with Crippen molar-refractivity contribution in [1.29, 1.82) is 0 Å². The molecular formula is C42H68O14. The number of fused-ring (bicyclic) bond motifs is 2. The summed E-state index contributed by atoms with van der Waals surface area (Å²) >= 11 is 0. The SMILES string of the molecule is C[C@@H]1O[C@@H](O[C@H]2[C@H](O[C@H]3CC[C@]45C[C@]46CC[C@]4(C)[C@@H]([C@]7(C)CC[C@@H](C(C)(C)O)O7)C(=O)C[C@@]4(C)[C@@H]6C[C@H](O)[C@H]5C3(C)C)O[C@H](CO)[C@@H](O)[C@@H]2O)[C@H](O)[C@H](O)[C@H]1O. The maximum absolute atomic E-state index is 14.4. The average Bonchev–Trinajstić information content (AvgIpc) is 3.47. The van der Waals surface area contributed by atoms with E-state index in [0.29, 0.717) is 32.1 Å². The summed E-state index contributed by atoms with van der Waals surface area (Å²) in [6, 6.07) is 0. The molecule has 8 rings (SSSR count). The van der Waals surface area contributed by atoms with Crippen molar-refractivity contribution in [3.63, 3.8) is 0 Å². The van der Waals surface area contributed by atoms with Crippen LogP contribution in [-0.4, -0.2) is 144 Å². The van der Waals surface area contributed by atoms with Gasteiger partial charge in [0, 0.05) is 6.42 Å². The average molecular weight is 797 g/mol. The third-order valence-corrected chi connectivity index (χ3v) is 17.7.